The highest BCUT2D eigenvalue weighted by Gasteiger charge is 1.89. The number of carboxylic acid groups (broad SMARTS) is 1. The molecule has 0 rings (SSSR count). The number of unbranched alkanes of at least 4 members (excludes halogenated alkanes) is 7. The predicted molar refractivity (Wildman–Crippen MR) is 72.1 cm³/mol. The van der Waals surface area contributed by atoms with Crippen molar-refractivity contribution in [3.05, 3.63) is 25.3 Å². The molecule has 0 aliphatic rings. The lowest BCUT2D eigenvalue weighted by atomic mass is 10.1. The molecule has 0 saturated carbocycles. The average Bonchev–Trinajstić information content (AvgIpc) is 2.33. The van der Waals surface area contributed by atoms with Gasteiger partial charge in [-0.05, 0) is 19.3 Å². The number of rotatable bonds is 10. The van der Waals surface area contributed by atoms with Crippen LogP contribution in [0.3, 0.4) is 0 Å². The van der Waals surface area contributed by atoms with Gasteiger partial charge in [0.1, 0.15) is 0 Å². The molecule has 0 aromatic heterocycles. The molecule has 0 amide bonds. The molecular formula is C14H26O3. The van der Waals surface area contributed by atoms with Crippen molar-refractivity contribution in [3.63, 3.8) is 0 Å². The summed E-state index contributed by atoms with van der Waals surface area (Å²) in [6, 6.07) is 0. The number of aliphatic carboxylic acids is 1. The highest BCUT2D eigenvalue weighted by molar-refractivity contribution is 5.78. The van der Waals surface area contributed by atoms with Crippen molar-refractivity contribution in [1.82, 2.24) is 0 Å². The van der Waals surface area contributed by atoms with E-state index in [-0.39, 0.29) is 0 Å². The van der Waals surface area contributed by atoms with Gasteiger partial charge in [-0.2, -0.15) is 0 Å². The lowest BCUT2D eigenvalue weighted by Gasteiger charge is -1.99. The molecule has 0 saturated heterocycles. The largest absolute Gasteiger partial charge is 0.478 e. The Balaban J connectivity index is 0. The second-order valence-corrected chi connectivity index (χ2v) is 3.82. The van der Waals surface area contributed by atoms with Crippen LogP contribution in [-0.4, -0.2) is 22.8 Å². The first-order valence-corrected chi connectivity index (χ1v) is 6.26. The van der Waals surface area contributed by atoms with Crippen molar-refractivity contribution >= 4 is 5.97 Å². The van der Waals surface area contributed by atoms with Crippen molar-refractivity contribution in [2.24, 2.45) is 0 Å². The Labute approximate surface area is 105 Å². The van der Waals surface area contributed by atoms with Crippen molar-refractivity contribution in [1.29, 1.82) is 0 Å². The van der Waals surface area contributed by atoms with E-state index in [9.17, 15) is 4.79 Å². The van der Waals surface area contributed by atoms with E-state index in [1.807, 2.05) is 6.08 Å². The zero-order valence-electron chi connectivity index (χ0n) is 10.7. The van der Waals surface area contributed by atoms with Gasteiger partial charge in [0.15, 0.2) is 0 Å². The zero-order valence-corrected chi connectivity index (χ0v) is 10.7. The topological polar surface area (TPSA) is 57.5 Å². The van der Waals surface area contributed by atoms with E-state index in [0.29, 0.717) is 6.61 Å². The Bertz CT molecular complexity index is 188. The van der Waals surface area contributed by atoms with Crippen LogP contribution in [0, 0.1) is 0 Å². The Hall–Kier alpha value is -1.09. The van der Waals surface area contributed by atoms with E-state index >= 15 is 0 Å². The molecule has 0 fully saturated rings. The van der Waals surface area contributed by atoms with Crippen molar-refractivity contribution in [3.8, 4) is 0 Å². The molecule has 0 radical (unpaired) electrons. The minimum absolute atomic E-state index is 0.358. The molecule has 3 nitrogen and oxygen atoms in total. The van der Waals surface area contributed by atoms with Gasteiger partial charge in [-0.15, -0.1) is 6.58 Å². The summed E-state index contributed by atoms with van der Waals surface area (Å²) < 4.78 is 0. The van der Waals surface area contributed by atoms with E-state index < -0.39 is 5.97 Å². The monoisotopic (exact) mass is 242 g/mol. The van der Waals surface area contributed by atoms with Crippen LogP contribution < -0.4 is 0 Å². The van der Waals surface area contributed by atoms with Gasteiger partial charge in [-0.25, -0.2) is 4.79 Å². The van der Waals surface area contributed by atoms with Gasteiger partial charge in [-0.1, -0.05) is 44.8 Å². The molecule has 0 aromatic rings. The summed E-state index contributed by atoms with van der Waals surface area (Å²) >= 11 is 0. The molecule has 0 aliphatic heterocycles. The SMILES string of the molecule is C=CC(=O)O.C=CCCCCCCCCCO. The molecule has 100 valence electrons. The number of allylic oxidation sites excluding steroid dienone is 1. The summed E-state index contributed by atoms with van der Waals surface area (Å²) in [7, 11) is 0. The molecule has 0 unspecified atom stereocenters. The summed E-state index contributed by atoms with van der Waals surface area (Å²) in [5.41, 5.74) is 0. The fourth-order valence-electron chi connectivity index (χ4n) is 1.28. The Kier molecular flexibility index (Phi) is 18.6. The Morgan fingerprint density at radius 1 is 0.941 bits per heavy atom. The van der Waals surface area contributed by atoms with Crippen LogP contribution in [0.1, 0.15) is 51.4 Å². The van der Waals surface area contributed by atoms with Crippen molar-refractivity contribution in [2.75, 3.05) is 6.61 Å². The summed E-state index contributed by atoms with van der Waals surface area (Å²) in [4.78, 5) is 9.25. The molecule has 0 aliphatic carbocycles. The maximum absolute atomic E-state index is 9.25. The number of hydrogen-bond acceptors (Lipinski definition) is 2. The summed E-state index contributed by atoms with van der Waals surface area (Å²) in [6.07, 6.45) is 12.8. The Morgan fingerprint density at radius 3 is 1.71 bits per heavy atom. The number of carbonyl (C=O) groups is 1. The van der Waals surface area contributed by atoms with Crippen molar-refractivity contribution in [2.45, 2.75) is 51.4 Å². The standard InChI is InChI=1S/C11H22O.C3H4O2/c1-2-3-4-5-6-7-8-9-10-11-12;1-2-3(4)5/h2,12H,1,3-11H2;2H,1H2,(H,4,5). The highest BCUT2D eigenvalue weighted by Crippen LogP contribution is 2.08. The van der Waals surface area contributed by atoms with E-state index in [0.717, 1.165) is 18.9 Å². The lowest BCUT2D eigenvalue weighted by Crippen LogP contribution is -1.83. The minimum atomic E-state index is -0.981. The first-order valence-electron chi connectivity index (χ1n) is 6.26. The van der Waals surface area contributed by atoms with Crippen LogP contribution in [0.15, 0.2) is 25.3 Å². The first-order chi connectivity index (χ1) is 8.18. The van der Waals surface area contributed by atoms with Crippen LogP contribution >= 0.6 is 0 Å². The fourth-order valence-corrected chi connectivity index (χ4v) is 1.28. The van der Waals surface area contributed by atoms with Gasteiger partial charge in [-0.3, -0.25) is 0 Å². The molecular weight excluding hydrogens is 216 g/mol. The van der Waals surface area contributed by atoms with E-state index in [1.165, 1.54) is 38.5 Å². The first kappa shape index (κ1) is 18.3. The third-order valence-electron chi connectivity index (χ3n) is 2.24. The minimum Gasteiger partial charge on any atom is -0.478 e. The molecule has 2 N–H and O–H groups in total. The third-order valence-corrected chi connectivity index (χ3v) is 2.24. The van der Waals surface area contributed by atoms with Gasteiger partial charge < -0.3 is 10.2 Å². The number of hydrogen-bond donors (Lipinski definition) is 2. The van der Waals surface area contributed by atoms with E-state index in [2.05, 4.69) is 13.2 Å². The second-order valence-electron chi connectivity index (χ2n) is 3.82. The van der Waals surface area contributed by atoms with Crippen LogP contribution in [0.2, 0.25) is 0 Å². The molecule has 3 heteroatoms. The molecule has 17 heavy (non-hydrogen) atoms. The van der Waals surface area contributed by atoms with Crippen LogP contribution in [0.25, 0.3) is 0 Å². The van der Waals surface area contributed by atoms with Gasteiger partial charge >= 0.3 is 5.97 Å². The van der Waals surface area contributed by atoms with Gasteiger partial charge in [0.25, 0.3) is 0 Å². The van der Waals surface area contributed by atoms with Crippen LogP contribution in [0.5, 0.6) is 0 Å². The predicted octanol–water partition coefficient (Wildman–Crippen LogP) is 3.54. The van der Waals surface area contributed by atoms with Crippen LogP contribution in [0.4, 0.5) is 0 Å². The highest BCUT2D eigenvalue weighted by atomic mass is 16.4. The molecule has 0 bridgehead atoms. The van der Waals surface area contributed by atoms with E-state index in [1.54, 1.807) is 0 Å². The summed E-state index contributed by atoms with van der Waals surface area (Å²) in [5.74, 6) is -0.981. The molecule has 0 heterocycles. The third kappa shape index (κ3) is 25.3. The molecule has 0 aromatic carbocycles. The number of aliphatic hydroxyl groups excluding tert-OH is 1. The maximum atomic E-state index is 9.25. The zero-order chi connectivity index (χ0) is 13.4. The Morgan fingerprint density at radius 2 is 1.35 bits per heavy atom. The van der Waals surface area contributed by atoms with Gasteiger partial charge in [0.05, 0.1) is 0 Å². The molecule has 0 atom stereocenters. The van der Waals surface area contributed by atoms with Crippen LogP contribution in [-0.2, 0) is 4.79 Å². The van der Waals surface area contributed by atoms with Gasteiger partial charge in [0, 0.05) is 12.7 Å². The lowest BCUT2D eigenvalue weighted by molar-refractivity contribution is -0.131. The maximum Gasteiger partial charge on any atom is 0.327 e. The second kappa shape index (κ2) is 17.3. The summed E-state index contributed by atoms with van der Waals surface area (Å²) in [6.45, 7) is 7.01. The fraction of sp³-hybridized carbons (Fsp3) is 0.643. The quantitative estimate of drug-likeness (QED) is 0.350. The number of aliphatic hydroxyl groups is 1. The number of carboxylic acids is 1. The normalized spacial score (nSPS) is 9.00. The smallest absolute Gasteiger partial charge is 0.327 e. The van der Waals surface area contributed by atoms with Crippen molar-refractivity contribution < 1.29 is 15.0 Å². The molecule has 0 spiro atoms. The van der Waals surface area contributed by atoms with Gasteiger partial charge in [0.2, 0.25) is 0 Å². The average molecular weight is 242 g/mol. The summed E-state index contributed by atoms with van der Waals surface area (Å²) in [5, 5.41) is 16.1. The van der Waals surface area contributed by atoms with E-state index in [4.69, 9.17) is 10.2 Å².